The van der Waals surface area contributed by atoms with Crippen LogP contribution in [-0.4, -0.2) is 47.4 Å². The highest BCUT2D eigenvalue weighted by Crippen LogP contribution is 2.30. The topological polar surface area (TPSA) is 143 Å². The van der Waals surface area contributed by atoms with E-state index in [9.17, 15) is 14.4 Å². The molecule has 0 fully saturated rings. The van der Waals surface area contributed by atoms with Gasteiger partial charge in [-0.15, -0.1) is 0 Å². The summed E-state index contributed by atoms with van der Waals surface area (Å²) in [4.78, 5) is 36.2. The van der Waals surface area contributed by atoms with Gasteiger partial charge >= 0.3 is 6.09 Å². The van der Waals surface area contributed by atoms with E-state index in [-0.39, 0.29) is 19.0 Å². The molecule has 3 aromatic carbocycles. The van der Waals surface area contributed by atoms with Gasteiger partial charge in [0, 0.05) is 22.9 Å². The highest BCUT2D eigenvalue weighted by Gasteiger charge is 2.28. The standard InChI is InChI=1S/C28H28N2O8/c1-19(32)20-10-12-22(13-11-20)29-28(34)38-27(21-6-5-9-24(18-21)36-17-16-31)25(14-15-26(33)30-35)37-23-7-3-2-4-8-23/h2-15,18,25,27,31,35H,16-17H2,1H3,(H,29,34)(H,30,33)/b15-14+/t25-,27-/m0/s1. The maximum atomic E-state index is 13.0. The predicted octanol–water partition coefficient (Wildman–Crippen LogP) is 4.06. The van der Waals surface area contributed by atoms with E-state index in [1.165, 1.54) is 18.5 Å². The average Bonchev–Trinajstić information content (AvgIpc) is 2.93. The van der Waals surface area contributed by atoms with Crippen LogP contribution in [-0.2, 0) is 9.53 Å². The minimum Gasteiger partial charge on any atom is -0.491 e. The second-order valence-corrected chi connectivity index (χ2v) is 7.96. The van der Waals surface area contributed by atoms with Gasteiger partial charge in [0.05, 0.1) is 6.61 Å². The van der Waals surface area contributed by atoms with E-state index >= 15 is 0 Å². The number of para-hydroxylation sites is 1. The van der Waals surface area contributed by atoms with Gasteiger partial charge in [-0.25, -0.2) is 10.3 Å². The molecule has 198 valence electrons. The van der Waals surface area contributed by atoms with Crippen molar-refractivity contribution in [1.29, 1.82) is 0 Å². The lowest BCUT2D eigenvalue weighted by Gasteiger charge is -2.26. The molecule has 0 aliphatic rings. The van der Waals surface area contributed by atoms with Gasteiger partial charge in [0.25, 0.3) is 5.91 Å². The third kappa shape index (κ3) is 8.47. The number of ether oxygens (including phenoxy) is 3. The maximum Gasteiger partial charge on any atom is 0.412 e. The number of aliphatic hydroxyl groups is 1. The molecule has 38 heavy (non-hydrogen) atoms. The molecular weight excluding hydrogens is 492 g/mol. The first-order valence-corrected chi connectivity index (χ1v) is 11.7. The van der Waals surface area contributed by atoms with Crippen molar-refractivity contribution in [3.05, 3.63) is 102 Å². The molecule has 0 saturated heterocycles. The molecule has 0 saturated carbocycles. The summed E-state index contributed by atoms with van der Waals surface area (Å²) >= 11 is 0. The molecule has 0 aliphatic heterocycles. The smallest absolute Gasteiger partial charge is 0.412 e. The quantitative estimate of drug-likeness (QED) is 0.121. The fourth-order valence-corrected chi connectivity index (χ4v) is 3.40. The van der Waals surface area contributed by atoms with Crippen LogP contribution in [0.15, 0.2) is 91.0 Å². The first-order chi connectivity index (χ1) is 18.4. The van der Waals surface area contributed by atoms with Crippen molar-refractivity contribution in [1.82, 2.24) is 5.48 Å². The Morgan fingerprint density at radius 1 is 0.947 bits per heavy atom. The lowest BCUT2D eigenvalue weighted by atomic mass is 10.0. The predicted molar refractivity (Wildman–Crippen MR) is 138 cm³/mol. The Labute approximate surface area is 219 Å². The molecule has 2 amide bonds. The fourth-order valence-electron chi connectivity index (χ4n) is 3.40. The molecule has 0 heterocycles. The zero-order valence-electron chi connectivity index (χ0n) is 20.6. The monoisotopic (exact) mass is 520 g/mol. The maximum absolute atomic E-state index is 13.0. The van der Waals surface area contributed by atoms with Gasteiger partial charge in [0.1, 0.15) is 18.1 Å². The second kappa shape index (κ2) is 14.2. The van der Waals surface area contributed by atoms with E-state index in [2.05, 4.69) is 5.32 Å². The largest absolute Gasteiger partial charge is 0.491 e. The average molecular weight is 521 g/mol. The Kier molecular flexibility index (Phi) is 10.4. The summed E-state index contributed by atoms with van der Waals surface area (Å²) in [6, 6.07) is 21.7. The number of aliphatic hydroxyl groups excluding tert-OH is 1. The van der Waals surface area contributed by atoms with Crippen molar-refractivity contribution in [2.24, 2.45) is 0 Å². The molecule has 3 rings (SSSR count). The molecule has 0 aromatic heterocycles. The Morgan fingerprint density at radius 2 is 1.66 bits per heavy atom. The third-order valence-corrected chi connectivity index (χ3v) is 5.18. The van der Waals surface area contributed by atoms with Gasteiger partial charge in [-0.1, -0.05) is 30.3 Å². The minimum absolute atomic E-state index is 0.0617. The summed E-state index contributed by atoms with van der Waals surface area (Å²) in [5.74, 6) is -0.0588. The number of hydrogen-bond acceptors (Lipinski definition) is 8. The Balaban J connectivity index is 1.94. The summed E-state index contributed by atoms with van der Waals surface area (Å²) in [5.41, 5.74) is 2.87. The number of amides is 2. The van der Waals surface area contributed by atoms with Crippen molar-refractivity contribution >= 4 is 23.5 Å². The molecule has 0 aliphatic carbocycles. The zero-order valence-corrected chi connectivity index (χ0v) is 20.6. The Hall–Kier alpha value is -4.67. The van der Waals surface area contributed by atoms with E-state index in [4.69, 9.17) is 24.5 Å². The number of carbonyl (C=O) groups excluding carboxylic acids is 3. The highest BCUT2D eigenvalue weighted by molar-refractivity contribution is 5.95. The van der Waals surface area contributed by atoms with Crippen molar-refractivity contribution in [3.8, 4) is 11.5 Å². The molecule has 10 heteroatoms. The number of hydroxylamine groups is 1. The highest BCUT2D eigenvalue weighted by atomic mass is 16.6. The van der Waals surface area contributed by atoms with Gasteiger partial charge in [-0.2, -0.15) is 0 Å². The molecule has 10 nitrogen and oxygen atoms in total. The number of ketones is 1. The molecule has 4 N–H and O–H groups in total. The van der Waals surface area contributed by atoms with Crippen molar-refractivity contribution < 1.29 is 38.9 Å². The summed E-state index contributed by atoms with van der Waals surface area (Å²) in [7, 11) is 0. The second-order valence-electron chi connectivity index (χ2n) is 7.96. The lowest BCUT2D eigenvalue weighted by Crippen LogP contribution is -2.30. The summed E-state index contributed by atoms with van der Waals surface area (Å²) in [6.45, 7) is 1.32. The van der Waals surface area contributed by atoms with Crippen LogP contribution in [0.5, 0.6) is 11.5 Å². The molecule has 0 radical (unpaired) electrons. The van der Waals surface area contributed by atoms with Crippen LogP contribution in [0, 0.1) is 0 Å². The van der Waals surface area contributed by atoms with Crippen LogP contribution in [0.4, 0.5) is 10.5 Å². The van der Waals surface area contributed by atoms with Gasteiger partial charge in [0.2, 0.25) is 0 Å². The van der Waals surface area contributed by atoms with Crippen molar-refractivity contribution in [2.75, 3.05) is 18.5 Å². The number of nitrogens with one attached hydrogen (secondary N) is 2. The van der Waals surface area contributed by atoms with Crippen LogP contribution in [0.1, 0.15) is 28.9 Å². The van der Waals surface area contributed by atoms with Crippen LogP contribution in [0.3, 0.4) is 0 Å². The minimum atomic E-state index is -1.09. The molecule has 0 unspecified atom stereocenters. The first kappa shape index (κ1) is 27.9. The fraction of sp³-hybridized carbons (Fsp3) is 0.179. The van der Waals surface area contributed by atoms with Crippen molar-refractivity contribution in [2.45, 2.75) is 19.1 Å². The number of anilines is 1. The van der Waals surface area contributed by atoms with Gasteiger partial charge in [-0.05, 0) is 61.5 Å². The molecular formula is C28H28N2O8. The number of rotatable bonds is 12. The van der Waals surface area contributed by atoms with E-state index in [1.54, 1.807) is 78.9 Å². The normalized spacial score (nSPS) is 12.3. The Morgan fingerprint density at radius 3 is 2.32 bits per heavy atom. The van der Waals surface area contributed by atoms with E-state index in [1.807, 2.05) is 0 Å². The first-order valence-electron chi connectivity index (χ1n) is 11.7. The number of benzene rings is 3. The number of Topliss-reactive ketones (excluding diaryl/α,β-unsaturated/α-hetero) is 1. The van der Waals surface area contributed by atoms with E-state index in [0.29, 0.717) is 28.3 Å². The number of carbonyl (C=O) groups is 3. The summed E-state index contributed by atoms with van der Waals surface area (Å²) < 4.78 is 17.4. The van der Waals surface area contributed by atoms with Crippen LogP contribution in [0.25, 0.3) is 0 Å². The zero-order chi connectivity index (χ0) is 27.3. The third-order valence-electron chi connectivity index (χ3n) is 5.18. The van der Waals surface area contributed by atoms with Crippen LogP contribution >= 0.6 is 0 Å². The molecule has 3 aromatic rings. The van der Waals surface area contributed by atoms with E-state index in [0.717, 1.165) is 6.08 Å². The van der Waals surface area contributed by atoms with Gasteiger partial charge < -0.3 is 19.3 Å². The van der Waals surface area contributed by atoms with Gasteiger partial charge in [0.15, 0.2) is 18.0 Å². The molecule has 0 spiro atoms. The van der Waals surface area contributed by atoms with E-state index < -0.39 is 24.2 Å². The molecule has 0 bridgehead atoms. The van der Waals surface area contributed by atoms with Crippen LogP contribution < -0.4 is 20.3 Å². The molecule has 2 atom stereocenters. The Bertz CT molecular complexity index is 1250. The van der Waals surface area contributed by atoms with Crippen molar-refractivity contribution in [3.63, 3.8) is 0 Å². The van der Waals surface area contributed by atoms with Crippen LogP contribution in [0.2, 0.25) is 0 Å². The summed E-state index contributed by atoms with van der Waals surface area (Å²) in [5, 5.41) is 20.6. The van der Waals surface area contributed by atoms with Gasteiger partial charge in [-0.3, -0.25) is 20.1 Å². The lowest BCUT2D eigenvalue weighted by molar-refractivity contribution is -0.124. The SMILES string of the molecule is CC(=O)c1ccc(NC(=O)O[C@@H](c2cccc(OCCO)c2)[C@H](/C=C/C(=O)NO)Oc2ccccc2)cc1. The summed E-state index contributed by atoms with van der Waals surface area (Å²) in [6.07, 6.45) is -0.539. The number of hydrogen-bond donors (Lipinski definition) is 4.